The Balaban J connectivity index is 1.60. The Labute approximate surface area is 211 Å². The van der Waals surface area contributed by atoms with E-state index < -0.39 is 5.97 Å². The largest absolute Gasteiger partial charge is 0.459 e. The van der Waals surface area contributed by atoms with E-state index in [4.69, 9.17) is 44.0 Å². The van der Waals surface area contributed by atoms with Crippen molar-refractivity contribution < 1.29 is 18.7 Å². The van der Waals surface area contributed by atoms with Crippen LogP contribution in [-0.4, -0.2) is 23.7 Å². The molecule has 0 fully saturated rings. The van der Waals surface area contributed by atoms with E-state index in [9.17, 15) is 9.59 Å². The molecule has 0 atom stereocenters. The molecule has 1 aromatic heterocycles. The molecule has 4 rings (SSSR count). The number of esters is 1. The molecule has 1 amide bonds. The summed E-state index contributed by atoms with van der Waals surface area (Å²) in [5, 5.41) is 6.60. The van der Waals surface area contributed by atoms with Crippen molar-refractivity contribution in [3.63, 3.8) is 0 Å². The van der Waals surface area contributed by atoms with E-state index >= 15 is 0 Å². The molecule has 2 aromatic carbocycles. The number of amides is 1. The van der Waals surface area contributed by atoms with Crippen LogP contribution in [0.3, 0.4) is 0 Å². The van der Waals surface area contributed by atoms with Crippen molar-refractivity contribution in [1.82, 2.24) is 0 Å². The Bertz CT molecular complexity index is 1360. The smallest absolute Gasteiger partial charge is 0.339 e. The molecule has 0 saturated carbocycles. The first-order valence-corrected chi connectivity index (χ1v) is 11.4. The van der Waals surface area contributed by atoms with Crippen LogP contribution in [0, 0.1) is 0 Å². The summed E-state index contributed by atoms with van der Waals surface area (Å²) in [6.07, 6.45) is 1.35. The van der Waals surface area contributed by atoms with Gasteiger partial charge in [0.2, 0.25) is 0 Å². The molecule has 0 bridgehead atoms. The number of rotatable bonds is 5. The third-order valence-corrected chi connectivity index (χ3v) is 6.01. The number of hydrazone groups is 1. The van der Waals surface area contributed by atoms with Gasteiger partial charge in [0.15, 0.2) is 0 Å². The van der Waals surface area contributed by atoms with Gasteiger partial charge >= 0.3 is 5.97 Å². The second kappa shape index (κ2) is 9.66. The number of halogens is 3. The number of hydrogen-bond acceptors (Lipinski definition) is 5. The van der Waals surface area contributed by atoms with Gasteiger partial charge in [-0.05, 0) is 75.4 Å². The number of furan rings is 1. The predicted octanol–water partition coefficient (Wildman–Crippen LogP) is 7.28. The molecule has 1 aliphatic rings. The third kappa shape index (κ3) is 4.89. The predicted molar refractivity (Wildman–Crippen MR) is 135 cm³/mol. The Hall–Kier alpha value is -3.06. The molecule has 34 heavy (non-hydrogen) atoms. The fourth-order valence-corrected chi connectivity index (χ4v) is 3.80. The van der Waals surface area contributed by atoms with Crippen LogP contribution in [0.25, 0.3) is 17.4 Å². The van der Waals surface area contributed by atoms with Gasteiger partial charge in [0.05, 0.1) is 43.7 Å². The average molecular weight is 518 g/mol. The van der Waals surface area contributed by atoms with Gasteiger partial charge in [-0.2, -0.15) is 10.1 Å². The van der Waals surface area contributed by atoms with Crippen molar-refractivity contribution in [2.45, 2.75) is 26.9 Å². The maximum atomic E-state index is 13.0. The van der Waals surface area contributed by atoms with Gasteiger partial charge in [-0.3, -0.25) is 4.79 Å². The normalized spacial score (nSPS) is 14.8. The first kappa shape index (κ1) is 24.1. The summed E-state index contributed by atoms with van der Waals surface area (Å²) in [5.41, 5.74) is 2.30. The quantitative estimate of drug-likeness (QED) is 0.263. The summed E-state index contributed by atoms with van der Waals surface area (Å²) in [7, 11) is 0. The maximum absolute atomic E-state index is 13.0. The van der Waals surface area contributed by atoms with E-state index in [1.54, 1.807) is 75.4 Å². The Morgan fingerprint density at radius 2 is 1.76 bits per heavy atom. The van der Waals surface area contributed by atoms with Gasteiger partial charge in [-0.15, -0.1) is 0 Å². The van der Waals surface area contributed by atoms with E-state index in [-0.39, 0.29) is 22.6 Å². The van der Waals surface area contributed by atoms with E-state index in [2.05, 4.69) is 5.10 Å². The van der Waals surface area contributed by atoms with Crippen LogP contribution in [0.4, 0.5) is 5.69 Å². The lowest BCUT2D eigenvalue weighted by molar-refractivity contribution is -0.114. The van der Waals surface area contributed by atoms with Crippen molar-refractivity contribution in [3.8, 4) is 11.3 Å². The molecule has 0 aliphatic carbocycles. The Morgan fingerprint density at radius 3 is 2.47 bits per heavy atom. The Morgan fingerprint density at radius 1 is 1.03 bits per heavy atom. The maximum Gasteiger partial charge on any atom is 0.339 e. The molecule has 3 aromatic rings. The first-order valence-electron chi connectivity index (χ1n) is 10.3. The molecule has 0 radical (unpaired) electrons. The van der Waals surface area contributed by atoms with Gasteiger partial charge in [0, 0.05) is 5.56 Å². The monoisotopic (exact) mass is 516 g/mol. The van der Waals surface area contributed by atoms with Gasteiger partial charge in [0.1, 0.15) is 11.5 Å². The fraction of sp³-hybridized carbons (Fsp3) is 0.160. The van der Waals surface area contributed by atoms with Gasteiger partial charge in [-0.1, -0.05) is 34.8 Å². The SMILES string of the molecule is CC1=NN(c2ccc(Cl)c(Cl)c2)C(=O)C1=Cc1ccc(-c2ccc(Cl)c(C(=O)OC(C)C)c2)o1. The van der Waals surface area contributed by atoms with Crippen LogP contribution in [0.5, 0.6) is 0 Å². The number of ether oxygens (including phenoxy) is 1. The van der Waals surface area contributed by atoms with Crippen LogP contribution >= 0.6 is 34.8 Å². The number of carbonyl (C=O) groups excluding carboxylic acids is 2. The minimum Gasteiger partial charge on any atom is -0.459 e. The minimum atomic E-state index is -0.512. The lowest BCUT2D eigenvalue weighted by Crippen LogP contribution is -2.21. The highest BCUT2D eigenvalue weighted by Crippen LogP contribution is 2.32. The summed E-state index contributed by atoms with van der Waals surface area (Å²) in [6.45, 7) is 5.26. The van der Waals surface area contributed by atoms with Crippen molar-refractivity contribution >= 4 is 64.2 Å². The number of nitrogens with zero attached hydrogens (tertiary/aromatic N) is 2. The summed E-state index contributed by atoms with van der Waals surface area (Å²) in [4.78, 5) is 25.3. The molecule has 1 aliphatic heterocycles. The molecular formula is C25H19Cl3N2O4. The van der Waals surface area contributed by atoms with Crippen molar-refractivity contribution in [2.75, 3.05) is 5.01 Å². The Kier molecular flexibility index (Phi) is 6.84. The molecule has 0 unspecified atom stereocenters. The van der Waals surface area contributed by atoms with Crippen molar-refractivity contribution in [3.05, 3.63) is 80.5 Å². The lowest BCUT2D eigenvalue weighted by Gasteiger charge is -2.12. The van der Waals surface area contributed by atoms with Crippen LogP contribution < -0.4 is 5.01 Å². The van der Waals surface area contributed by atoms with Gasteiger partial charge in [-0.25, -0.2) is 4.79 Å². The first-order chi connectivity index (χ1) is 16.1. The molecule has 174 valence electrons. The molecule has 0 saturated heterocycles. The number of hydrogen-bond donors (Lipinski definition) is 0. The second-order valence-corrected chi connectivity index (χ2v) is 9.03. The highest BCUT2D eigenvalue weighted by atomic mass is 35.5. The molecular weight excluding hydrogens is 499 g/mol. The molecule has 0 N–H and O–H groups in total. The highest BCUT2D eigenvalue weighted by molar-refractivity contribution is 6.42. The van der Waals surface area contributed by atoms with E-state index in [0.717, 1.165) is 0 Å². The average Bonchev–Trinajstić information content (AvgIpc) is 3.36. The van der Waals surface area contributed by atoms with Crippen molar-refractivity contribution in [1.29, 1.82) is 0 Å². The summed E-state index contributed by atoms with van der Waals surface area (Å²) in [6, 6.07) is 13.3. The lowest BCUT2D eigenvalue weighted by atomic mass is 10.1. The molecule has 0 spiro atoms. The molecule has 2 heterocycles. The van der Waals surface area contributed by atoms with Crippen molar-refractivity contribution in [2.24, 2.45) is 5.10 Å². The molecule has 9 heteroatoms. The van der Waals surface area contributed by atoms with Crippen LogP contribution in [0.1, 0.15) is 36.9 Å². The number of anilines is 1. The van der Waals surface area contributed by atoms with Crippen LogP contribution in [0.15, 0.2) is 63.6 Å². The molecule has 6 nitrogen and oxygen atoms in total. The topological polar surface area (TPSA) is 72.1 Å². The summed E-state index contributed by atoms with van der Waals surface area (Å²) in [5.74, 6) is 0.120. The summed E-state index contributed by atoms with van der Waals surface area (Å²) >= 11 is 18.2. The number of carbonyl (C=O) groups is 2. The zero-order chi connectivity index (χ0) is 24.6. The van der Waals surface area contributed by atoms with E-state index in [1.165, 1.54) is 5.01 Å². The zero-order valence-corrected chi connectivity index (χ0v) is 20.7. The summed E-state index contributed by atoms with van der Waals surface area (Å²) < 4.78 is 11.2. The van der Waals surface area contributed by atoms with Gasteiger partial charge in [0.25, 0.3) is 5.91 Å². The second-order valence-electron chi connectivity index (χ2n) is 7.81. The van der Waals surface area contributed by atoms with Gasteiger partial charge < -0.3 is 9.15 Å². The van der Waals surface area contributed by atoms with E-state index in [0.29, 0.717) is 44.1 Å². The van der Waals surface area contributed by atoms with Crippen LogP contribution in [-0.2, 0) is 9.53 Å². The van der Waals surface area contributed by atoms with E-state index in [1.807, 2.05) is 0 Å². The van der Waals surface area contributed by atoms with Crippen LogP contribution in [0.2, 0.25) is 15.1 Å². The standard InChI is InChI=1S/C25H19Cl3N2O4/c1-13(2)33-25(32)19-10-15(4-7-20(19)26)23-9-6-17(34-23)12-18-14(3)29-30(24(18)31)16-5-8-21(27)22(28)11-16/h4-13H,1-3H3. The third-order valence-electron chi connectivity index (χ3n) is 4.94. The fourth-order valence-electron chi connectivity index (χ4n) is 3.32. The minimum absolute atomic E-state index is 0.246. The zero-order valence-electron chi connectivity index (χ0n) is 18.4. The number of benzene rings is 2. The highest BCUT2D eigenvalue weighted by Gasteiger charge is 2.29.